The van der Waals surface area contributed by atoms with Crippen molar-refractivity contribution in [1.82, 2.24) is 20.5 Å². The van der Waals surface area contributed by atoms with Crippen LogP contribution in [0.5, 0.6) is 5.75 Å². The molecule has 0 saturated carbocycles. The summed E-state index contributed by atoms with van der Waals surface area (Å²) in [5.74, 6) is -0.928. The largest absolute Gasteiger partial charge is 0.573 e. The van der Waals surface area contributed by atoms with Gasteiger partial charge in [0.15, 0.2) is 0 Å². The van der Waals surface area contributed by atoms with E-state index in [9.17, 15) is 18.0 Å². The number of nitrogens with zero attached hydrogens (tertiary/aromatic N) is 2. The maximum absolute atomic E-state index is 12.1. The first-order valence-corrected chi connectivity index (χ1v) is 5.43. The summed E-state index contributed by atoms with van der Waals surface area (Å²) in [5.41, 5.74) is 0.454. The number of alkyl halides is 3. The summed E-state index contributed by atoms with van der Waals surface area (Å²) in [6.07, 6.45) is -3.51. The minimum Gasteiger partial charge on any atom is -0.406 e. The third-order valence-corrected chi connectivity index (χ3v) is 2.20. The molecule has 1 aromatic carbocycles. The molecule has 0 spiro atoms. The topological polar surface area (TPSA) is 79.9 Å². The highest BCUT2D eigenvalue weighted by Crippen LogP contribution is 2.23. The van der Waals surface area contributed by atoms with E-state index in [0.29, 0.717) is 5.56 Å². The van der Waals surface area contributed by atoms with Gasteiger partial charge in [0.1, 0.15) is 12.1 Å². The predicted octanol–water partition coefficient (Wildman–Crippen LogP) is 1.63. The number of carbonyl (C=O) groups is 1. The molecule has 1 aromatic heterocycles. The van der Waals surface area contributed by atoms with E-state index in [0.717, 1.165) is 0 Å². The highest BCUT2D eigenvalue weighted by Gasteiger charge is 2.31. The average Bonchev–Trinajstić information content (AvgIpc) is 2.88. The number of aromatic amines is 1. The second-order valence-electron chi connectivity index (χ2n) is 3.70. The van der Waals surface area contributed by atoms with Gasteiger partial charge in [0, 0.05) is 6.54 Å². The Bertz CT molecular complexity index is 584. The molecule has 9 heteroatoms. The molecule has 0 bridgehead atoms. The molecule has 0 aliphatic rings. The van der Waals surface area contributed by atoms with Gasteiger partial charge < -0.3 is 10.1 Å². The zero-order valence-electron chi connectivity index (χ0n) is 9.94. The molecule has 0 unspecified atom stereocenters. The van der Waals surface area contributed by atoms with E-state index in [-0.39, 0.29) is 18.1 Å². The van der Waals surface area contributed by atoms with Crippen LogP contribution in [0, 0.1) is 0 Å². The standard InChI is InChI=1S/C11H9F3N4O2/c12-11(13,14)20-8-3-1-2-7(4-8)5-15-10(19)9-16-6-17-18-9/h1-4,6H,5H2,(H,15,19)(H,16,17,18). The lowest BCUT2D eigenvalue weighted by molar-refractivity contribution is -0.274. The molecule has 0 saturated heterocycles. The summed E-state index contributed by atoms with van der Waals surface area (Å²) in [4.78, 5) is 15.2. The number of hydrogen-bond acceptors (Lipinski definition) is 4. The van der Waals surface area contributed by atoms with E-state index in [1.54, 1.807) is 6.07 Å². The van der Waals surface area contributed by atoms with Gasteiger partial charge in [-0.15, -0.1) is 18.3 Å². The van der Waals surface area contributed by atoms with Gasteiger partial charge in [0.05, 0.1) is 0 Å². The molecular weight excluding hydrogens is 277 g/mol. The molecule has 0 aliphatic carbocycles. The molecule has 0 atom stereocenters. The zero-order valence-corrected chi connectivity index (χ0v) is 9.94. The highest BCUT2D eigenvalue weighted by atomic mass is 19.4. The van der Waals surface area contributed by atoms with E-state index in [4.69, 9.17) is 0 Å². The Kier molecular flexibility index (Phi) is 3.87. The van der Waals surface area contributed by atoms with Crippen LogP contribution in [0.3, 0.4) is 0 Å². The fourth-order valence-corrected chi connectivity index (χ4v) is 1.43. The molecule has 6 nitrogen and oxygen atoms in total. The van der Waals surface area contributed by atoms with E-state index < -0.39 is 12.3 Å². The number of rotatable bonds is 4. The van der Waals surface area contributed by atoms with Gasteiger partial charge in [0.2, 0.25) is 5.82 Å². The monoisotopic (exact) mass is 286 g/mol. The SMILES string of the molecule is O=C(NCc1cccc(OC(F)(F)F)c1)c1nc[nH]n1. The molecule has 1 amide bonds. The number of benzene rings is 1. The minimum absolute atomic E-state index is 0.0302. The van der Waals surface area contributed by atoms with Gasteiger partial charge in [-0.2, -0.15) is 0 Å². The van der Waals surface area contributed by atoms with Crippen LogP contribution in [0.4, 0.5) is 13.2 Å². The second kappa shape index (κ2) is 5.59. The number of aromatic nitrogens is 3. The Labute approximate surface area is 111 Å². The van der Waals surface area contributed by atoms with Crippen LogP contribution in [0.1, 0.15) is 16.2 Å². The van der Waals surface area contributed by atoms with E-state index in [1.165, 1.54) is 24.5 Å². The normalized spacial score (nSPS) is 11.2. The Morgan fingerprint density at radius 2 is 2.20 bits per heavy atom. The Balaban J connectivity index is 1.96. The molecule has 2 rings (SSSR count). The number of nitrogens with one attached hydrogen (secondary N) is 2. The number of ether oxygens (including phenoxy) is 1. The van der Waals surface area contributed by atoms with Crippen LogP contribution in [-0.2, 0) is 6.54 Å². The van der Waals surface area contributed by atoms with Crippen molar-refractivity contribution in [1.29, 1.82) is 0 Å². The third kappa shape index (κ3) is 3.97. The predicted molar refractivity (Wildman–Crippen MR) is 60.7 cm³/mol. The molecule has 2 aromatic rings. The van der Waals surface area contributed by atoms with Gasteiger partial charge in [-0.1, -0.05) is 12.1 Å². The molecule has 0 aliphatic heterocycles. The Morgan fingerprint density at radius 3 is 2.85 bits per heavy atom. The van der Waals surface area contributed by atoms with Gasteiger partial charge in [-0.05, 0) is 17.7 Å². The van der Waals surface area contributed by atoms with Crippen molar-refractivity contribution < 1.29 is 22.7 Å². The van der Waals surface area contributed by atoms with Crippen LogP contribution in [-0.4, -0.2) is 27.5 Å². The molecule has 0 fully saturated rings. The fourth-order valence-electron chi connectivity index (χ4n) is 1.43. The smallest absolute Gasteiger partial charge is 0.406 e. The van der Waals surface area contributed by atoms with Gasteiger partial charge >= 0.3 is 6.36 Å². The van der Waals surface area contributed by atoms with Gasteiger partial charge in [-0.3, -0.25) is 9.89 Å². The molecule has 2 N–H and O–H groups in total. The first-order valence-electron chi connectivity index (χ1n) is 5.43. The second-order valence-corrected chi connectivity index (χ2v) is 3.70. The number of carbonyl (C=O) groups excluding carboxylic acids is 1. The van der Waals surface area contributed by atoms with Crippen LogP contribution < -0.4 is 10.1 Å². The zero-order chi connectivity index (χ0) is 14.6. The number of halogens is 3. The van der Waals surface area contributed by atoms with E-state index >= 15 is 0 Å². The Hall–Kier alpha value is -2.58. The van der Waals surface area contributed by atoms with Crippen molar-refractivity contribution in [2.75, 3.05) is 0 Å². The van der Waals surface area contributed by atoms with Crippen LogP contribution in [0.25, 0.3) is 0 Å². The van der Waals surface area contributed by atoms with Crippen molar-refractivity contribution in [3.8, 4) is 5.75 Å². The first kappa shape index (κ1) is 13.8. The summed E-state index contributed by atoms with van der Waals surface area (Å²) >= 11 is 0. The maximum Gasteiger partial charge on any atom is 0.573 e. The van der Waals surface area contributed by atoms with E-state index in [2.05, 4.69) is 25.2 Å². The van der Waals surface area contributed by atoms with Crippen LogP contribution in [0.15, 0.2) is 30.6 Å². The maximum atomic E-state index is 12.1. The van der Waals surface area contributed by atoms with Crippen molar-refractivity contribution in [2.45, 2.75) is 12.9 Å². The van der Waals surface area contributed by atoms with Crippen LogP contribution >= 0.6 is 0 Å². The summed E-state index contributed by atoms with van der Waals surface area (Å²) in [5, 5.41) is 8.42. The third-order valence-electron chi connectivity index (χ3n) is 2.20. The molecule has 0 radical (unpaired) electrons. The Morgan fingerprint density at radius 1 is 1.40 bits per heavy atom. The number of H-pyrrole nitrogens is 1. The van der Waals surface area contributed by atoms with Crippen LogP contribution in [0.2, 0.25) is 0 Å². The van der Waals surface area contributed by atoms with E-state index in [1.807, 2.05) is 0 Å². The molecule has 106 valence electrons. The lowest BCUT2D eigenvalue weighted by atomic mass is 10.2. The lowest BCUT2D eigenvalue weighted by Crippen LogP contribution is -2.24. The van der Waals surface area contributed by atoms with Crippen molar-refractivity contribution in [3.05, 3.63) is 42.0 Å². The average molecular weight is 286 g/mol. The van der Waals surface area contributed by atoms with Crippen molar-refractivity contribution in [3.63, 3.8) is 0 Å². The van der Waals surface area contributed by atoms with Crippen molar-refractivity contribution >= 4 is 5.91 Å². The quantitative estimate of drug-likeness (QED) is 0.895. The highest BCUT2D eigenvalue weighted by molar-refractivity contribution is 5.90. The first-order chi connectivity index (χ1) is 9.44. The van der Waals surface area contributed by atoms with Gasteiger partial charge in [0.25, 0.3) is 5.91 Å². The number of hydrogen-bond donors (Lipinski definition) is 2. The molecule has 1 heterocycles. The lowest BCUT2D eigenvalue weighted by Gasteiger charge is -2.10. The summed E-state index contributed by atoms with van der Waals surface area (Å²) < 4.78 is 40.0. The summed E-state index contributed by atoms with van der Waals surface area (Å²) in [6.45, 7) is 0.0302. The molecule has 20 heavy (non-hydrogen) atoms. The summed E-state index contributed by atoms with van der Waals surface area (Å²) in [7, 11) is 0. The number of amides is 1. The van der Waals surface area contributed by atoms with Crippen molar-refractivity contribution in [2.24, 2.45) is 0 Å². The minimum atomic E-state index is -4.75. The molecular formula is C11H9F3N4O2. The summed E-state index contributed by atoms with van der Waals surface area (Å²) in [6, 6.07) is 5.32. The fraction of sp³-hybridized carbons (Fsp3) is 0.182. The van der Waals surface area contributed by atoms with Gasteiger partial charge in [-0.25, -0.2) is 4.98 Å².